The Bertz CT molecular complexity index is 825. The van der Waals surface area contributed by atoms with Gasteiger partial charge in [-0.15, -0.1) is 0 Å². The Balaban J connectivity index is 1.83. The Morgan fingerprint density at radius 1 is 1.11 bits per heavy atom. The van der Waals surface area contributed by atoms with Crippen molar-refractivity contribution >= 4 is 11.9 Å². The largest absolute Gasteiger partial charge is 0.467 e. The molecule has 3 rings (SSSR count). The van der Waals surface area contributed by atoms with Crippen LogP contribution in [0.5, 0.6) is 0 Å². The first kappa shape index (κ1) is 19.1. The zero-order valence-electron chi connectivity index (χ0n) is 16.1. The molecule has 1 aromatic heterocycles. The van der Waals surface area contributed by atoms with Crippen LogP contribution in [0.2, 0.25) is 0 Å². The molecule has 2 aromatic rings. The monoisotopic (exact) mass is 366 g/mol. The zero-order chi connectivity index (χ0) is 19.4. The van der Waals surface area contributed by atoms with E-state index < -0.39 is 5.54 Å². The van der Waals surface area contributed by atoms with Gasteiger partial charge in [0.05, 0.1) is 24.1 Å². The molecule has 1 N–H and O–H groups in total. The van der Waals surface area contributed by atoms with E-state index in [4.69, 9.17) is 4.74 Å². The lowest BCUT2D eigenvalue weighted by molar-refractivity contribution is -0.150. The number of hydrogen-bond donors (Lipinski definition) is 1. The van der Waals surface area contributed by atoms with E-state index in [2.05, 4.69) is 17.2 Å². The van der Waals surface area contributed by atoms with E-state index in [0.717, 1.165) is 24.1 Å². The number of amides is 1. The number of carbonyl (C=O) groups is 2. The van der Waals surface area contributed by atoms with Crippen molar-refractivity contribution in [3.63, 3.8) is 0 Å². The van der Waals surface area contributed by atoms with Crippen LogP contribution in [0.3, 0.4) is 0 Å². The van der Waals surface area contributed by atoms with Gasteiger partial charge in [-0.1, -0.05) is 37.3 Å². The normalized spacial score (nSPS) is 22.1. The van der Waals surface area contributed by atoms with Gasteiger partial charge in [-0.3, -0.25) is 9.78 Å². The Labute approximate surface area is 160 Å². The predicted octanol–water partition coefficient (Wildman–Crippen LogP) is 3.91. The highest BCUT2D eigenvalue weighted by molar-refractivity contribution is 5.99. The maximum atomic E-state index is 12.9. The molecule has 1 heterocycles. The van der Waals surface area contributed by atoms with Gasteiger partial charge in [-0.25, -0.2) is 4.79 Å². The summed E-state index contributed by atoms with van der Waals surface area (Å²) in [5.74, 6) is -0.0953. The summed E-state index contributed by atoms with van der Waals surface area (Å²) in [7, 11) is 1.37. The minimum absolute atomic E-state index is 0.278. The molecule has 1 fully saturated rings. The summed E-state index contributed by atoms with van der Waals surface area (Å²) in [6.45, 7) is 3.98. The molecule has 0 saturated heterocycles. The highest BCUT2D eigenvalue weighted by Crippen LogP contribution is 2.33. The average molecular weight is 366 g/mol. The van der Waals surface area contributed by atoms with E-state index in [1.165, 1.54) is 7.11 Å². The third kappa shape index (κ3) is 4.02. The molecule has 1 amide bonds. The van der Waals surface area contributed by atoms with E-state index in [9.17, 15) is 9.59 Å². The molecule has 142 valence electrons. The van der Waals surface area contributed by atoms with Crippen LogP contribution in [0, 0.1) is 12.8 Å². The number of pyridine rings is 1. The van der Waals surface area contributed by atoms with E-state index >= 15 is 0 Å². The van der Waals surface area contributed by atoms with Crippen LogP contribution in [0.4, 0.5) is 0 Å². The topological polar surface area (TPSA) is 68.3 Å². The Morgan fingerprint density at radius 2 is 1.78 bits per heavy atom. The fourth-order valence-corrected chi connectivity index (χ4v) is 3.69. The van der Waals surface area contributed by atoms with E-state index in [0.29, 0.717) is 30.0 Å². The number of methoxy groups -OCH3 is 1. The van der Waals surface area contributed by atoms with Gasteiger partial charge in [0.15, 0.2) is 0 Å². The van der Waals surface area contributed by atoms with Crippen molar-refractivity contribution in [2.24, 2.45) is 5.92 Å². The lowest BCUT2D eigenvalue weighted by atomic mass is 9.77. The van der Waals surface area contributed by atoms with Crippen LogP contribution in [-0.4, -0.2) is 29.5 Å². The average Bonchev–Trinajstić information content (AvgIpc) is 2.69. The lowest BCUT2D eigenvalue weighted by Gasteiger charge is -2.37. The second-order valence-corrected chi connectivity index (χ2v) is 7.41. The fraction of sp³-hybridized carbons (Fsp3) is 0.409. The van der Waals surface area contributed by atoms with Crippen LogP contribution < -0.4 is 5.32 Å². The second kappa shape index (κ2) is 7.91. The summed E-state index contributed by atoms with van der Waals surface area (Å²) in [6, 6.07) is 13.4. The first-order chi connectivity index (χ1) is 12.9. The van der Waals surface area contributed by atoms with E-state index in [1.807, 2.05) is 43.3 Å². The van der Waals surface area contributed by atoms with Gasteiger partial charge in [0.25, 0.3) is 5.91 Å². The quantitative estimate of drug-likeness (QED) is 0.833. The van der Waals surface area contributed by atoms with Crippen molar-refractivity contribution in [2.75, 3.05) is 7.11 Å². The van der Waals surface area contributed by atoms with E-state index in [1.54, 1.807) is 6.07 Å². The minimum atomic E-state index is -0.942. The molecule has 0 bridgehead atoms. The van der Waals surface area contributed by atoms with Gasteiger partial charge < -0.3 is 10.1 Å². The molecule has 1 aliphatic carbocycles. The summed E-state index contributed by atoms with van der Waals surface area (Å²) in [5, 5.41) is 2.97. The van der Waals surface area contributed by atoms with Crippen molar-refractivity contribution in [1.29, 1.82) is 0 Å². The molecule has 5 heteroatoms. The van der Waals surface area contributed by atoms with Crippen LogP contribution >= 0.6 is 0 Å². The Kier molecular flexibility index (Phi) is 5.59. The van der Waals surface area contributed by atoms with Gasteiger partial charge >= 0.3 is 5.97 Å². The molecular formula is C22H26N2O3. The standard InChI is InChI=1S/C22H26N2O3/c1-15-11-13-22(14-12-15,21(26)27-3)24-20(25)18-9-10-19(23-16(18)2)17-7-5-4-6-8-17/h4-10,15H,11-14H2,1-3H3,(H,24,25). The summed E-state index contributed by atoms with van der Waals surface area (Å²) in [6.07, 6.45) is 2.97. The molecule has 1 saturated carbocycles. The highest BCUT2D eigenvalue weighted by Gasteiger charge is 2.43. The van der Waals surface area contributed by atoms with Gasteiger partial charge in [0, 0.05) is 5.56 Å². The zero-order valence-corrected chi connectivity index (χ0v) is 16.1. The number of rotatable bonds is 4. The highest BCUT2D eigenvalue weighted by atomic mass is 16.5. The van der Waals surface area contributed by atoms with Crippen LogP contribution in [0.25, 0.3) is 11.3 Å². The second-order valence-electron chi connectivity index (χ2n) is 7.41. The lowest BCUT2D eigenvalue weighted by Crippen LogP contribution is -2.56. The number of benzene rings is 1. The van der Waals surface area contributed by atoms with Crippen molar-refractivity contribution in [3.05, 3.63) is 53.7 Å². The van der Waals surface area contributed by atoms with Crippen molar-refractivity contribution in [3.8, 4) is 11.3 Å². The molecule has 5 nitrogen and oxygen atoms in total. The fourth-order valence-electron chi connectivity index (χ4n) is 3.69. The summed E-state index contributed by atoms with van der Waals surface area (Å²) < 4.78 is 5.00. The molecule has 27 heavy (non-hydrogen) atoms. The molecule has 0 unspecified atom stereocenters. The smallest absolute Gasteiger partial charge is 0.331 e. The molecular weight excluding hydrogens is 340 g/mol. The first-order valence-electron chi connectivity index (χ1n) is 9.39. The maximum absolute atomic E-state index is 12.9. The number of esters is 1. The molecule has 0 aliphatic heterocycles. The van der Waals surface area contributed by atoms with Crippen LogP contribution in [0.15, 0.2) is 42.5 Å². The first-order valence-corrected chi connectivity index (χ1v) is 9.39. The van der Waals surface area contributed by atoms with Crippen molar-refractivity contribution in [1.82, 2.24) is 10.3 Å². The van der Waals surface area contributed by atoms with Crippen molar-refractivity contribution < 1.29 is 14.3 Å². The Morgan fingerprint density at radius 3 is 2.37 bits per heavy atom. The number of ether oxygens (including phenoxy) is 1. The molecule has 1 aromatic carbocycles. The van der Waals surface area contributed by atoms with Gasteiger partial charge in [0.1, 0.15) is 5.54 Å². The molecule has 0 atom stereocenters. The van der Waals surface area contributed by atoms with E-state index in [-0.39, 0.29) is 11.9 Å². The number of nitrogens with zero attached hydrogens (tertiary/aromatic N) is 1. The predicted molar refractivity (Wildman–Crippen MR) is 104 cm³/mol. The SMILES string of the molecule is COC(=O)C1(NC(=O)c2ccc(-c3ccccc3)nc2C)CCC(C)CC1. The van der Waals surface area contributed by atoms with Crippen LogP contribution in [0.1, 0.15) is 48.7 Å². The number of aromatic nitrogens is 1. The van der Waals surface area contributed by atoms with Gasteiger partial charge in [0.2, 0.25) is 0 Å². The van der Waals surface area contributed by atoms with Gasteiger partial charge in [-0.2, -0.15) is 0 Å². The maximum Gasteiger partial charge on any atom is 0.331 e. The van der Waals surface area contributed by atoms with Gasteiger partial charge in [-0.05, 0) is 50.7 Å². The number of nitrogens with one attached hydrogen (secondary N) is 1. The van der Waals surface area contributed by atoms with Crippen LogP contribution in [-0.2, 0) is 9.53 Å². The third-order valence-electron chi connectivity index (χ3n) is 5.46. The van der Waals surface area contributed by atoms with Crippen molar-refractivity contribution in [2.45, 2.75) is 45.1 Å². The summed E-state index contributed by atoms with van der Waals surface area (Å²) in [4.78, 5) is 29.9. The number of aryl methyl sites for hydroxylation is 1. The summed E-state index contributed by atoms with van der Waals surface area (Å²) >= 11 is 0. The third-order valence-corrected chi connectivity index (χ3v) is 5.46. The Hall–Kier alpha value is -2.69. The number of hydrogen-bond acceptors (Lipinski definition) is 4. The minimum Gasteiger partial charge on any atom is -0.467 e. The summed E-state index contributed by atoms with van der Waals surface area (Å²) in [5.41, 5.74) is 2.00. The molecule has 1 aliphatic rings. The molecule has 0 spiro atoms. The molecule has 0 radical (unpaired) electrons. The number of carbonyl (C=O) groups excluding carboxylic acids is 2.